The standard InChI is InChI=1S/C12H15ClN2O2S/c1-12(2)11(14)8-18(16,17)15(12)7-9-4-3-5-10(13)6-9/h3-6,8H,7,14H2,1-2H3. The zero-order valence-electron chi connectivity index (χ0n) is 10.2. The van der Waals surface area contributed by atoms with Gasteiger partial charge in [0.2, 0.25) is 10.0 Å². The van der Waals surface area contributed by atoms with E-state index in [1.165, 1.54) is 4.31 Å². The van der Waals surface area contributed by atoms with Crippen LogP contribution in [0, 0.1) is 0 Å². The van der Waals surface area contributed by atoms with Gasteiger partial charge in [-0.25, -0.2) is 8.42 Å². The van der Waals surface area contributed by atoms with Crippen LogP contribution in [0.15, 0.2) is 35.4 Å². The van der Waals surface area contributed by atoms with Crippen molar-refractivity contribution in [2.75, 3.05) is 0 Å². The highest BCUT2D eigenvalue weighted by Crippen LogP contribution is 2.33. The zero-order chi connectivity index (χ0) is 13.6. The molecule has 1 aliphatic heterocycles. The summed E-state index contributed by atoms with van der Waals surface area (Å²) in [6.07, 6.45) is 0. The summed E-state index contributed by atoms with van der Waals surface area (Å²) in [4.78, 5) is 0. The van der Waals surface area contributed by atoms with Crippen LogP contribution >= 0.6 is 11.6 Å². The fourth-order valence-electron chi connectivity index (χ4n) is 1.92. The summed E-state index contributed by atoms with van der Waals surface area (Å²) in [7, 11) is -3.45. The maximum atomic E-state index is 12.0. The Balaban J connectivity index is 2.35. The molecule has 2 N–H and O–H groups in total. The van der Waals surface area contributed by atoms with Gasteiger partial charge in [0.1, 0.15) is 0 Å². The molecule has 0 saturated heterocycles. The molecule has 0 aromatic heterocycles. The Morgan fingerprint density at radius 1 is 1.39 bits per heavy atom. The summed E-state index contributed by atoms with van der Waals surface area (Å²) >= 11 is 5.90. The molecule has 0 bridgehead atoms. The van der Waals surface area contributed by atoms with E-state index in [0.717, 1.165) is 11.0 Å². The van der Waals surface area contributed by atoms with Crippen LogP contribution in [-0.4, -0.2) is 18.3 Å². The lowest BCUT2D eigenvalue weighted by molar-refractivity contribution is 0.272. The van der Waals surface area contributed by atoms with Crippen molar-refractivity contribution in [3.05, 3.63) is 46.0 Å². The lowest BCUT2D eigenvalue weighted by Crippen LogP contribution is -2.44. The molecule has 0 aliphatic carbocycles. The Morgan fingerprint density at radius 3 is 2.56 bits per heavy atom. The fourth-order valence-corrected chi connectivity index (χ4v) is 3.94. The molecule has 2 rings (SSSR count). The Morgan fingerprint density at radius 2 is 2.06 bits per heavy atom. The second kappa shape index (κ2) is 4.26. The van der Waals surface area contributed by atoms with Crippen LogP contribution in [0.2, 0.25) is 5.02 Å². The molecule has 1 aromatic rings. The molecule has 1 aromatic carbocycles. The lowest BCUT2D eigenvalue weighted by Gasteiger charge is -2.31. The van der Waals surface area contributed by atoms with E-state index in [2.05, 4.69) is 0 Å². The molecule has 0 fully saturated rings. The summed E-state index contributed by atoms with van der Waals surface area (Å²) in [6, 6.07) is 7.14. The summed E-state index contributed by atoms with van der Waals surface area (Å²) < 4.78 is 25.4. The fraction of sp³-hybridized carbons (Fsp3) is 0.333. The van der Waals surface area contributed by atoms with E-state index in [9.17, 15) is 8.42 Å². The molecule has 0 amide bonds. The number of sulfonamides is 1. The minimum atomic E-state index is -3.45. The number of hydrogen-bond acceptors (Lipinski definition) is 3. The minimum Gasteiger partial charge on any atom is -0.400 e. The average molecular weight is 287 g/mol. The molecule has 18 heavy (non-hydrogen) atoms. The van der Waals surface area contributed by atoms with Crippen molar-refractivity contribution in [3.8, 4) is 0 Å². The van der Waals surface area contributed by atoms with Crippen molar-refractivity contribution in [1.82, 2.24) is 4.31 Å². The van der Waals surface area contributed by atoms with Gasteiger partial charge in [0.25, 0.3) is 0 Å². The molecule has 0 saturated carbocycles. The maximum absolute atomic E-state index is 12.0. The number of rotatable bonds is 2. The van der Waals surface area contributed by atoms with Gasteiger partial charge in [-0.15, -0.1) is 0 Å². The molecule has 98 valence electrons. The molecule has 0 unspecified atom stereocenters. The van der Waals surface area contributed by atoms with Gasteiger partial charge in [-0.3, -0.25) is 0 Å². The molecular weight excluding hydrogens is 272 g/mol. The molecule has 0 radical (unpaired) electrons. The first-order chi connectivity index (χ1) is 8.23. The van der Waals surface area contributed by atoms with E-state index in [1.54, 1.807) is 32.0 Å². The summed E-state index contributed by atoms with van der Waals surface area (Å²) in [5.41, 5.74) is 6.26. The summed E-state index contributed by atoms with van der Waals surface area (Å²) in [5, 5.41) is 1.71. The van der Waals surface area contributed by atoms with Crippen LogP contribution in [-0.2, 0) is 16.6 Å². The smallest absolute Gasteiger partial charge is 0.239 e. The van der Waals surface area contributed by atoms with Gasteiger partial charge in [-0.1, -0.05) is 23.7 Å². The van der Waals surface area contributed by atoms with Gasteiger partial charge in [0.15, 0.2) is 0 Å². The van der Waals surface area contributed by atoms with Crippen LogP contribution in [0.4, 0.5) is 0 Å². The molecule has 6 heteroatoms. The van der Waals surface area contributed by atoms with E-state index in [0.29, 0.717) is 10.7 Å². The SMILES string of the molecule is CC1(C)C(N)=CS(=O)(=O)N1Cc1cccc(Cl)c1. The lowest BCUT2D eigenvalue weighted by atomic mass is 10.0. The zero-order valence-corrected chi connectivity index (χ0v) is 11.8. The van der Waals surface area contributed by atoms with Crippen LogP contribution in [0.5, 0.6) is 0 Å². The van der Waals surface area contributed by atoms with Crippen LogP contribution in [0.3, 0.4) is 0 Å². The number of halogens is 1. The molecule has 1 heterocycles. The van der Waals surface area contributed by atoms with Crippen LogP contribution in [0.1, 0.15) is 19.4 Å². The van der Waals surface area contributed by atoms with Gasteiger partial charge in [0.05, 0.1) is 10.9 Å². The topological polar surface area (TPSA) is 63.4 Å². The summed E-state index contributed by atoms with van der Waals surface area (Å²) in [6.45, 7) is 3.83. The second-order valence-corrected chi connectivity index (χ2v) is 6.96. The number of hydrogen-bond donors (Lipinski definition) is 1. The molecule has 1 aliphatic rings. The first-order valence-corrected chi connectivity index (χ1v) is 7.36. The Bertz CT molecular complexity index is 608. The average Bonchev–Trinajstić information content (AvgIpc) is 2.38. The Hall–Kier alpha value is -1.04. The van der Waals surface area contributed by atoms with E-state index < -0.39 is 15.6 Å². The van der Waals surface area contributed by atoms with Gasteiger partial charge in [0, 0.05) is 17.3 Å². The van der Waals surface area contributed by atoms with E-state index in [4.69, 9.17) is 17.3 Å². The maximum Gasteiger partial charge on any atom is 0.239 e. The largest absolute Gasteiger partial charge is 0.400 e. The van der Waals surface area contributed by atoms with Gasteiger partial charge >= 0.3 is 0 Å². The quantitative estimate of drug-likeness (QED) is 0.905. The van der Waals surface area contributed by atoms with Crippen molar-refractivity contribution >= 4 is 21.6 Å². The van der Waals surface area contributed by atoms with E-state index in [-0.39, 0.29) is 6.54 Å². The van der Waals surface area contributed by atoms with Crippen molar-refractivity contribution in [3.63, 3.8) is 0 Å². The molecule has 0 spiro atoms. The van der Waals surface area contributed by atoms with Gasteiger partial charge in [-0.2, -0.15) is 4.31 Å². The minimum absolute atomic E-state index is 0.257. The third kappa shape index (κ3) is 2.25. The molecule has 4 nitrogen and oxygen atoms in total. The highest BCUT2D eigenvalue weighted by Gasteiger charge is 2.43. The predicted octanol–water partition coefficient (Wildman–Crippen LogP) is 2.06. The van der Waals surface area contributed by atoms with Crippen molar-refractivity contribution in [2.45, 2.75) is 25.9 Å². The highest BCUT2D eigenvalue weighted by molar-refractivity contribution is 7.92. The first kappa shape index (κ1) is 13.4. The predicted molar refractivity (Wildman–Crippen MR) is 72.3 cm³/mol. The Labute approximate surface area is 112 Å². The monoisotopic (exact) mass is 286 g/mol. The van der Waals surface area contributed by atoms with Crippen LogP contribution < -0.4 is 5.73 Å². The van der Waals surface area contributed by atoms with Crippen molar-refractivity contribution < 1.29 is 8.42 Å². The third-order valence-corrected chi connectivity index (χ3v) is 5.12. The molecule has 0 atom stereocenters. The number of nitrogens with two attached hydrogens (primary N) is 1. The van der Waals surface area contributed by atoms with Gasteiger partial charge < -0.3 is 5.73 Å². The number of benzene rings is 1. The first-order valence-electron chi connectivity index (χ1n) is 5.48. The highest BCUT2D eigenvalue weighted by atomic mass is 35.5. The Kier molecular flexibility index (Phi) is 3.17. The molecular formula is C12H15ClN2O2S. The van der Waals surface area contributed by atoms with Crippen molar-refractivity contribution in [2.24, 2.45) is 5.73 Å². The third-order valence-electron chi connectivity index (χ3n) is 3.13. The van der Waals surface area contributed by atoms with E-state index >= 15 is 0 Å². The van der Waals surface area contributed by atoms with Crippen LogP contribution in [0.25, 0.3) is 0 Å². The second-order valence-electron chi connectivity index (χ2n) is 4.81. The number of nitrogens with zero attached hydrogens (tertiary/aromatic N) is 1. The summed E-state index contributed by atoms with van der Waals surface area (Å²) in [5.74, 6) is 0. The van der Waals surface area contributed by atoms with Crippen molar-refractivity contribution in [1.29, 1.82) is 0 Å². The van der Waals surface area contributed by atoms with Gasteiger partial charge in [-0.05, 0) is 31.5 Å². The normalized spacial score (nSPS) is 21.8. The van der Waals surface area contributed by atoms with E-state index in [1.807, 2.05) is 6.07 Å².